The van der Waals surface area contributed by atoms with Crippen LogP contribution in [0.4, 0.5) is 0 Å². The summed E-state index contributed by atoms with van der Waals surface area (Å²) in [6.45, 7) is 30.6. The fourth-order valence-electron chi connectivity index (χ4n) is 21.4. The van der Waals surface area contributed by atoms with E-state index in [2.05, 4.69) is 83.1 Å². The molecule has 24 unspecified atom stereocenters. The van der Waals surface area contributed by atoms with E-state index in [-0.39, 0.29) is 56.0 Å². The second kappa shape index (κ2) is 14.7. The summed E-state index contributed by atoms with van der Waals surface area (Å²) in [6, 6.07) is 0. The van der Waals surface area contributed by atoms with Gasteiger partial charge in [-0.3, -0.25) is 9.59 Å². The van der Waals surface area contributed by atoms with Gasteiger partial charge in [0.25, 0.3) is 0 Å². The molecule has 352 valence electrons. The van der Waals surface area contributed by atoms with Gasteiger partial charge in [0.05, 0.1) is 11.2 Å². The van der Waals surface area contributed by atoms with Crippen LogP contribution in [-0.2, 0) is 19.1 Å². The van der Waals surface area contributed by atoms with Gasteiger partial charge in [-0.15, -0.1) is 0 Å². The van der Waals surface area contributed by atoms with Crippen molar-refractivity contribution >= 4 is 11.9 Å². The minimum atomic E-state index is -0.378. The van der Waals surface area contributed by atoms with Crippen molar-refractivity contribution in [1.29, 1.82) is 0 Å². The van der Waals surface area contributed by atoms with E-state index in [4.69, 9.17) is 9.47 Å². The lowest BCUT2D eigenvalue weighted by atomic mass is 9.62. The molecule has 62 heavy (non-hydrogen) atoms. The average Bonchev–Trinajstić information content (AvgIpc) is 4.00. The third-order valence-electron chi connectivity index (χ3n) is 24.3. The van der Waals surface area contributed by atoms with Crippen LogP contribution in [0.5, 0.6) is 0 Å². The van der Waals surface area contributed by atoms with E-state index >= 15 is 0 Å². The minimum Gasteiger partial charge on any atom is -0.459 e. The van der Waals surface area contributed by atoms with Crippen LogP contribution in [0, 0.1) is 116 Å². The van der Waals surface area contributed by atoms with Crippen LogP contribution in [0.1, 0.15) is 200 Å². The molecule has 0 saturated heterocycles. The maximum atomic E-state index is 11.4. The number of fused-ring (bicyclic) bond motifs is 20. The van der Waals surface area contributed by atoms with Crippen LogP contribution in [0.2, 0.25) is 0 Å². The van der Waals surface area contributed by atoms with Crippen LogP contribution in [-0.4, -0.2) is 44.6 Å². The Kier molecular flexibility index (Phi) is 10.9. The minimum absolute atomic E-state index is 0.108. The third kappa shape index (κ3) is 6.44. The fraction of sp³-hybridized carbons (Fsp3) is 0.964. The van der Waals surface area contributed by atoms with Gasteiger partial charge in [-0.25, -0.2) is 0 Å². The van der Waals surface area contributed by atoms with Crippen LogP contribution < -0.4 is 0 Å². The van der Waals surface area contributed by atoms with Gasteiger partial charge >= 0.3 is 11.9 Å². The molecule has 0 radical (unpaired) electrons. The zero-order chi connectivity index (χ0) is 45.1. The van der Waals surface area contributed by atoms with E-state index in [1.165, 1.54) is 77.0 Å². The van der Waals surface area contributed by atoms with Gasteiger partial charge < -0.3 is 19.7 Å². The van der Waals surface area contributed by atoms with Gasteiger partial charge in [-0.1, -0.05) is 68.2 Å². The summed E-state index contributed by atoms with van der Waals surface area (Å²) in [6.07, 6.45) is 20.6. The summed E-state index contributed by atoms with van der Waals surface area (Å²) >= 11 is 0. The van der Waals surface area contributed by atoms with Crippen molar-refractivity contribution in [2.24, 2.45) is 116 Å². The van der Waals surface area contributed by atoms with Gasteiger partial charge in [-0.2, -0.15) is 0 Å². The summed E-state index contributed by atoms with van der Waals surface area (Å²) in [7, 11) is 0. The lowest BCUT2D eigenvalue weighted by Gasteiger charge is -2.48. The molecule has 0 aliphatic heterocycles. The highest BCUT2D eigenvalue weighted by Gasteiger charge is 2.71. The molecular formula is C56H92O6. The number of rotatable bonds is 2. The van der Waals surface area contributed by atoms with Gasteiger partial charge in [0.2, 0.25) is 0 Å². The Bertz CT molecular complexity index is 1770. The van der Waals surface area contributed by atoms with E-state index in [1.807, 2.05) is 0 Å². The molecule has 12 rings (SSSR count). The molecule has 0 amide bonds. The number of hydrogen-bond donors (Lipinski definition) is 2. The van der Waals surface area contributed by atoms with E-state index in [0.717, 1.165) is 120 Å². The molecule has 0 aromatic heterocycles. The smallest absolute Gasteiger partial charge is 0.303 e. The first-order chi connectivity index (χ1) is 28.6. The standard InChI is InChI=1S/2C15H24O2.2C13H22O/c1-9-5-12-11-7-14(3,13(12)6-9)15(4,8-11)17-10(2)16;1-9-5-6-12-11-7-14(3,13(9)12)15(4,8-11)17-10(2)16;1-8-4-10-9-6-12(2,11(10)5-8)13(3,14)7-9;1-8-4-5-10-9-6-12(2,11(8)10)13(3,14)7-9/h2*9,11-13H,5-8H2,1-4H3;2*8-11,14H,4-7H2,1-3H3. The van der Waals surface area contributed by atoms with E-state index in [0.29, 0.717) is 0 Å². The molecule has 12 aliphatic carbocycles. The highest BCUT2D eigenvalue weighted by atomic mass is 16.6. The second-order valence-corrected chi connectivity index (χ2v) is 27.7. The molecule has 12 fully saturated rings. The van der Waals surface area contributed by atoms with Crippen LogP contribution in [0.15, 0.2) is 0 Å². The number of hydrogen-bond acceptors (Lipinski definition) is 6. The molecule has 24 atom stereocenters. The first-order valence-corrected chi connectivity index (χ1v) is 26.5. The molecule has 12 saturated carbocycles. The van der Waals surface area contributed by atoms with Gasteiger partial charge in [0, 0.05) is 24.7 Å². The molecule has 0 aromatic carbocycles. The number of aliphatic hydroxyl groups is 2. The first kappa shape index (κ1) is 46.0. The highest BCUT2D eigenvalue weighted by Crippen LogP contribution is 2.74. The van der Waals surface area contributed by atoms with Crippen LogP contribution >= 0.6 is 0 Å². The lowest BCUT2D eigenvalue weighted by molar-refractivity contribution is -0.177. The Labute approximate surface area is 378 Å². The monoisotopic (exact) mass is 861 g/mol. The van der Waals surface area contributed by atoms with Crippen molar-refractivity contribution in [2.45, 2.75) is 222 Å². The summed E-state index contributed by atoms with van der Waals surface area (Å²) in [5, 5.41) is 21.0. The van der Waals surface area contributed by atoms with Gasteiger partial charge in [-0.05, 0) is 223 Å². The van der Waals surface area contributed by atoms with Crippen molar-refractivity contribution in [3.8, 4) is 0 Å². The van der Waals surface area contributed by atoms with Gasteiger partial charge in [0.15, 0.2) is 0 Å². The zero-order valence-corrected chi connectivity index (χ0v) is 42.1. The van der Waals surface area contributed by atoms with E-state index < -0.39 is 0 Å². The molecule has 0 aromatic rings. The maximum absolute atomic E-state index is 11.4. The SMILES string of the molecule is CC(=O)OC1(C)CC2CC1(C)C1C(C)CCC21.CC(=O)OC1(C)CC2CC1(C)C1CC(C)CC21.CC1CC2C3CC(C)(O)C(C)(C3)C2C1.CC1CCC2C3CC(C)(O)C(C)(C3)C12. The first-order valence-electron chi connectivity index (χ1n) is 26.5. The molecule has 6 nitrogen and oxygen atoms in total. The van der Waals surface area contributed by atoms with Crippen molar-refractivity contribution in [2.75, 3.05) is 0 Å². The predicted molar refractivity (Wildman–Crippen MR) is 246 cm³/mol. The zero-order valence-electron chi connectivity index (χ0n) is 42.1. The fourth-order valence-corrected chi connectivity index (χ4v) is 21.4. The largest absolute Gasteiger partial charge is 0.459 e. The molecule has 6 heteroatoms. The summed E-state index contributed by atoms with van der Waals surface area (Å²) in [5.41, 5.74) is -0.216. The summed E-state index contributed by atoms with van der Waals surface area (Å²) in [4.78, 5) is 22.7. The van der Waals surface area contributed by atoms with Crippen molar-refractivity contribution in [1.82, 2.24) is 0 Å². The maximum Gasteiger partial charge on any atom is 0.303 e. The molecule has 2 N–H and O–H groups in total. The van der Waals surface area contributed by atoms with Crippen LogP contribution in [0.3, 0.4) is 0 Å². The Morgan fingerprint density at radius 1 is 0.435 bits per heavy atom. The second-order valence-electron chi connectivity index (χ2n) is 27.7. The Morgan fingerprint density at radius 3 is 1.29 bits per heavy atom. The quantitative estimate of drug-likeness (QED) is 0.269. The normalized spacial score (nSPS) is 60.5. The van der Waals surface area contributed by atoms with E-state index in [9.17, 15) is 19.8 Å². The number of ether oxygens (including phenoxy) is 2. The van der Waals surface area contributed by atoms with Crippen LogP contribution in [0.25, 0.3) is 0 Å². The predicted octanol–water partition coefficient (Wildman–Crippen LogP) is 12.5. The summed E-state index contributed by atoms with van der Waals surface area (Å²) in [5.74, 6) is 13.5. The van der Waals surface area contributed by atoms with Crippen molar-refractivity contribution in [3.63, 3.8) is 0 Å². The average molecular weight is 861 g/mol. The molecule has 0 heterocycles. The molecule has 8 bridgehead atoms. The van der Waals surface area contributed by atoms with Crippen molar-refractivity contribution < 1.29 is 29.3 Å². The lowest BCUT2D eigenvalue weighted by Crippen LogP contribution is -2.50. The van der Waals surface area contributed by atoms with Crippen molar-refractivity contribution in [3.05, 3.63) is 0 Å². The number of esters is 2. The molecular weight excluding hydrogens is 769 g/mol. The molecule has 0 spiro atoms. The topological polar surface area (TPSA) is 93.1 Å². The Balaban J connectivity index is 0.000000106. The number of carbonyl (C=O) groups is 2. The highest BCUT2D eigenvalue weighted by molar-refractivity contribution is 5.67. The number of carbonyl (C=O) groups excluding carboxylic acids is 2. The van der Waals surface area contributed by atoms with E-state index in [1.54, 1.807) is 13.8 Å². The Hall–Kier alpha value is -1.14. The van der Waals surface area contributed by atoms with Gasteiger partial charge in [0.1, 0.15) is 11.2 Å². The third-order valence-corrected chi connectivity index (χ3v) is 24.3. The Morgan fingerprint density at radius 2 is 0.790 bits per heavy atom. The summed E-state index contributed by atoms with van der Waals surface area (Å²) < 4.78 is 11.5. The molecule has 12 aliphatic rings.